The zero-order valence-electron chi connectivity index (χ0n) is 15.3. The summed E-state index contributed by atoms with van der Waals surface area (Å²) < 4.78 is 5.09. The standard InChI is InChI=1S/C18H21N3O4S2/c1-11(2)19-16(23)10-26-14-7-5-4-6-13(14)17(24)25-8-15(22)21-18-20-12(3)9-27-18/h4-7,9,11H,8,10H2,1-3H3,(H,19,23)(H,20,21,22). The Balaban J connectivity index is 1.90. The average Bonchev–Trinajstić information content (AvgIpc) is 3.02. The number of carbonyl (C=O) groups excluding carboxylic acids is 3. The Morgan fingerprint density at radius 1 is 1.22 bits per heavy atom. The molecule has 27 heavy (non-hydrogen) atoms. The molecule has 7 nitrogen and oxygen atoms in total. The van der Waals surface area contributed by atoms with Gasteiger partial charge in [0.15, 0.2) is 11.7 Å². The van der Waals surface area contributed by atoms with E-state index in [4.69, 9.17) is 4.74 Å². The van der Waals surface area contributed by atoms with E-state index in [0.29, 0.717) is 15.6 Å². The van der Waals surface area contributed by atoms with Crippen LogP contribution in [0.15, 0.2) is 34.5 Å². The van der Waals surface area contributed by atoms with Gasteiger partial charge in [0.25, 0.3) is 5.91 Å². The van der Waals surface area contributed by atoms with Crippen LogP contribution in [0.2, 0.25) is 0 Å². The number of thiazole rings is 1. The highest BCUT2D eigenvalue weighted by Gasteiger charge is 2.16. The smallest absolute Gasteiger partial charge is 0.339 e. The van der Waals surface area contributed by atoms with Crippen LogP contribution in [-0.4, -0.2) is 41.2 Å². The molecule has 2 amide bonds. The molecule has 0 aliphatic rings. The molecule has 1 aromatic carbocycles. The first kappa shape index (κ1) is 20.9. The van der Waals surface area contributed by atoms with Crippen LogP contribution in [0.3, 0.4) is 0 Å². The fourth-order valence-corrected chi connectivity index (χ4v) is 3.60. The van der Waals surface area contributed by atoms with E-state index in [9.17, 15) is 14.4 Å². The maximum Gasteiger partial charge on any atom is 0.339 e. The Bertz CT molecular complexity index is 820. The van der Waals surface area contributed by atoms with Gasteiger partial charge in [-0.25, -0.2) is 9.78 Å². The monoisotopic (exact) mass is 407 g/mol. The van der Waals surface area contributed by atoms with Crippen molar-refractivity contribution in [1.29, 1.82) is 0 Å². The summed E-state index contributed by atoms with van der Waals surface area (Å²) in [5.74, 6) is -1.00. The lowest BCUT2D eigenvalue weighted by molar-refractivity contribution is -0.119. The number of aryl methyl sites for hydroxylation is 1. The van der Waals surface area contributed by atoms with E-state index in [-0.39, 0.29) is 17.7 Å². The van der Waals surface area contributed by atoms with Crippen LogP contribution < -0.4 is 10.6 Å². The van der Waals surface area contributed by atoms with Crippen molar-refractivity contribution in [3.63, 3.8) is 0 Å². The summed E-state index contributed by atoms with van der Waals surface area (Å²) in [5, 5.41) is 7.64. The summed E-state index contributed by atoms with van der Waals surface area (Å²) in [6.07, 6.45) is 0. The van der Waals surface area contributed by atoms with Crippen molar-refractivity contribution in [1.82, 2.24) is 10.3 Å². The highest BCUT2D eigenvalue weighted by atomic mass is 32.2. The molecule has 9 heteroatoms. The second-order valence-electron chi connectivity index (χ2n) is 5.93. The van der Waals surface area contributed by atoms with Gasteiger partial charge < -0.3 is 10.1 Å². The van der Waals surface area contributed by atoms with Crippen LogP contribution in [0.4, 0.5) is 5.13 Å². The lowest BCUT2D eigenvalue weighted by Gasteiger charge is -2.10. The number of anilines is 1. The number of carbonyl (C=O) groups is 3. The van der Waals surface area contributed by atoms with Gasteiger partial charge in [-0.05, 0) is 32.9 Å². The van der Waals surface area contributed by atoms with Crippen molar-refractivity contribution in [3.8, 4) is 0 Å². The van der Waals surface area contributed by atoms with Crippen LogP contribution in [0.25, 0.3) is 0 Å². The third kappa shape index (κ3) is 7.03. The van der Waals surface area contributed by atoms with E-state index in [0.717, 1.165) is 5.69 Å². The Morgan fingerprint density at radius 2 is 1.96 bits per heavy atom. The van der Waals surface area contributed by atoms with E-state index in [1.807, 2.05) is 26.2 Å². The number of thioether (sulfide) groups is 1. The van der Waals surface area contributed by atoms with Gasteiger partial charge >= 0.3 is 5.97 Å². The summed E-state index contributed by atoms with van der Waals surface area (Å²) in [4.78, 5) is 40.7. The van der Waals surface area contributed by atoms with Crippen LogP contribution in [0, 0.1) is 6.92 Å². The van der Waals surface area contributed by atoms with Gasteiger partial charge in [-0.1, -0.05) is 12.1 Å². The first-order chi connectivity index (χ1) is 12.8. The number of esters is 1. The molecule has 2 N–H and O–H groups in total. The molecular weight excluding hydrogens is 386 g/mol. The summed E-state index contributed by atoms with van der Waals surface area (Å²) in [7, 11) is 0. The summed E-state index contributed by atoms with van der Waals surface area (Å²) in [6, 6.07) is 6.87. The van der Waals surface area contributed by atoms with Crippen LogP contribution in [0.1, 0.15) is 29.9 Å². The van der Waals surface area contributed by atoms with E-state index >= 15 is 0 Å². The van der Waals surface area contributed by atoms with E-state index in [1.165, 1.54) is 23.1 Å². The fourth-order valence-electron chi connectivity index (χ4n) is 2.04. The molecule has 0 radical (unpaired) electrons. The molecule has 1 heterocycles. The normalized spacial score (nSPS) is 10.5. The fraction of sp³-hybridized carbons (Fsp3) is 0.333. The molecular formula is C18H21N3O4S2. The Morgan fingerprint density at radius 3 is 2.63 bits per heavy atom. The molecule has 2 rings (SSSR count). The molecule has 0 spiro atoms. The highest BCUT2D eigenvalue weighted by Crippen LogP contribution is 2.23. The van der Waals surface area contributed by atoms with Gasteiger partial charge in [0.05, 0.1) is 17.0 Å². The maximum absolute atomic E-state index is 12.3. The summed E-state index contributed by atoms with van der Waals surface area (Å²) in [5.41, 5.74) is 1.12. The van der Waals surface area contributed by atoms with Crippen LogP contribution in [-0.2, 0) is 14.3 Å². The zero-order chi connectivity index (χ0) is 19.8. The Labute approximate surface area is 165 Å². The van der Waals surface area contributed by atoms with Gasteiger partial charge in [-0.2, -0.15) is 0 Å². The minimum atomic E-state index is -0.618. The second-order valence-corrected chi connectivity index (χ2v) is 7.80. The third-order valence-corrected chi connectivity index (χ3v) is 5.06. The minimum absolute atomic E-state index is 0.0541. The molecule has 0 saturated carbocycles. The predicted octanol–water partition coefficient (Wildman–Crippen LogP) is 2.86. The first-order valence-corrected chi connectivity index (χ1v) is 10.1. The Kier molecular flexibility index (Phi) is 7.81. The van der Waals surface area contributed by atoms with Gasteiger partial charge in [-0.3, -0.25) is 14.9 Å². The molecule has 0 bridgehead atoms. The lowest BCUT2D eigenvalue weighted by Crippen LogP contribution is -2.31. The maximum atomic E-state index is 12.3. The van der Waals surface area contributed by atoms with E-state index in [1.54, 1.807) is 24.3 Å². The number of ether oxygens (including phenoxy) is 1. The van der Waals surface area contributed by atoms with Crippen molar-refractivity contribution in [3.05, 3.63) is 40.9 Å². The van der Waals surface area contributed by atoms with Crippen LogP contribution >= 0.6 is 23.1 Å². The topological polar surface area (TPSA) is 97.4 Å². The lowest BCUT2D eigenvalue weighted by atomic mass is 10.2. The van der Waals surface area contributed by atoms with Gasteiger partial charge in [0, 0.05) is 16.3 Å². The average molecular weight is 408 g/mol. The molecule has 144 valence electrons. The number of benzene rings is 1. The number of aromatic nitrogens is 1. The number of nitrogens with one attached hydrogen (secondary N) is 2. The quantitative estimate of drug-likeness (QED) is 0.516. The van der Waals surface area contributed by atoms with Crippen molar-refractivity contribution in [2.24, 2.45) is 0 Å². The minimum Gasteiger partial charge on any atom is -0.452 e. The molecule has 0 fully saturated rings. The van der Waals surface area contributed by atoms with Crippen molar-refractivity contribution >= 4 is 46.0 Å². The van der Waals surface area contributed by atoms with Gasteiger partial charge in [-0.15, -0.1) is 23.1 Å². The van der Waals surface area contributed by atoms with E-state index < -0.39 is 18.5 Å². The molecule has 2 aromatic rings. The van der Waals surface area contributed by atoms with Gasteiger partial charge in [0.1, 0.15) is 0 Å². The summed E-state index contributed by atoms with van der Waals surface area (Å²) >= 11 is 2.54. The first-order valence-electron chi connectivity index (χ1n) is 8.25. The number of rotatable bonds is 8. The second kappa shape index (κ2) is 10.1. The van der Waals surface area contributed by atoms with E-state index in [2.05, 4.69) is 15.6 Å². The SMILES string of the molecule is Cc1csc(NC(=O)COC(=O)c2ccccc2SCC(=O)NC(C)C)n1. The third-order valence-electron chi connectivity index (χ3n) is 3.12. The Hall–Kier alpha value is -2.39. The molecule has 0 unspecified atom stereocenters. The molecule has 0 saturated heterocycles. The molecule has 1 aromatic heterocycles. The molecule has 0 aliphatic heterocycles. The number of hydrogen-bond donors (Lipinski definition) is 2. The zero-order valence-corrected chi connectivity index (χ0v) is 16.9. The predicted molar refractivity (Wildman–Crippen MR) is 106 cm³/mol. The summed E-state index contributed by atoms with van der Waals surface area (Å²) in [6.45, 7) is 5.17. The van der Waals surface area contributed by atoms with Gasteiger partial charge in [0.2, 0.25) is 5.91 Å². The molecule has 0 aliphatic carbocycles. The number of nitrogens with zero attached hydrogens (tertiary/aromatic N) is 1. The van der Waals surface area contributed by atoms with Crippen molar-refractivity contribution in [2.45, 2.75) is 31.7 Å². The largest absolute Gasteiger partial charge is 0.452 e. The number of hydrogen-bond acceptors (Lipinski definition) is 7. The van der Waals surface area contributed by atoms with Crippen molar-refractivity contribution < 1.29 is 19.1 Å². The molecule has 0 atom stereocenters. The number of amides is 2. The van der Waals surface area contributed by atoms with Crippen LogP contribution in [0.5, 0.6) is 0 Å². The van der Waals surface area contributed by atoms with Crippen molar-refractivity contribution in [2.75, 3.05) is 17.7 Å². The highest BCUT2D eigenvalue weighted by molar-refractivity contribution is 8.00.